The lowest BCUT2D eigenvalue weighted by molar-refractivity contribution is -0.126. The highest BCUT2D eigenvalue weighted by Gasteiger charge is 2.26. The Labute approximate surface area is 95.3 Å². The maximum atomic E-state index is 11.8. The normalized spacial score (nSPS) is 24.8. The number of piperidine rings is 1. The monoisotopic (exact) mass is 228 g/mol. The lowest BCUT2D eigenvalue weighted by Crippen LogP contribution is -2.48. The van der Waals surface area contributed by atoms with E-state index in [0.29, 0.717) is 13.1 Å². The Balaban J connectivity index is 2.20. The summed E-state index contributed by atoms with van der Waals surface area (Å²) in [4.78, 5) is 22.1. The van der Waals surface area contributed by atoms with Gasteiger partial charge >= 0.3 is 6.03 Å². The van der Waals surface area contributed by atoms with Crippen LogP contribution in [0.1, 0.15) is 19.8 Å². The molecule has 1 rings (SSSR count). The third kappa shape index (κ3) is 4.06. The summed E-state index contributed by atoms with van der Waals surface area (Å²) in [6, 6.07) is -0.347. The minimum absolute atomic E-state index is 0.0299. The predicted octanol–water partition coefficient (Wildman–Crippen LogP) is -0.841. The maximum Gasteiger partial charge on any atom is 0.312 e. The molecule has 1 heterocycles. The Morgan fingerprint density at radius 2 is 2.06 bits per heavy atom. The third-order valence-corrected chi connectivity index (χ3v) is 2.82. The van der Waals surface area contributed by atoms with Crippen molar-refractivity contribution in [1.29, 1.82) is 0 Å². The molecule has 6 heteroatoms. The largest absolute Gasteiger partial charge is 0.354 e. The maximum absolute atomic E-state index is 11.8. The molecule has 5 N–H and O–H groups in total. The molecule has 0 spiro atoms. The molecule has 3 amide bonds. The Kier molecular flexibility index (Phi) is 5.04. The zero-order valence-electron chi connectivity index (χ0n) is 9.58. The van der Waals surface area contributed by atoms with Gasteiger partial charge in [-0.05, 0) is 26.3 Å². The molecule has 1 fully saturated rings. The van der Waals surface area contributed by atoms with Crippen LogP contribution in [0.15, 0.2) is 0 Å². The minimum atomic E-state index is -0.568. The van der Waals surface area contributed by atoms with E-state index in [1.165, 1.54) is 0 Å². The molecule has 0 aromatic rings. The van der Waals surface area contributed by atoms with Gasteiger partial charge in [0.05, 0.1) is 5.92 Å². The third-order valence-electron chi connectivity index (χ3n) is 2.82. The second kappa shape index (κ2) is 6.32. The molecular weight excluding hydrogens is 208 g/mol. The molecule has 1 aliphatic rings. The molecule has 1 aliphatic heterocycles. The first kappa shape index (κ1) is 12.8. The standard InChI is InChI=1S/C10H20N4O2/c1-7-8(3-2-4-12-7)9(15)13-5-6-14-10(11)16/h7-8,12H,2-6H2,1H3,(H,13,15)(H3,11,14,16). The van der Waals surface area contributed by atoms with Crippen LogP contribution in [0.4, 0.5) is 4.79 Å². The van der Waals surface area contributed by atoms with Gasteiger partial charge in [-0.1, -0.05) is 0 Å². The summed E-state index contributed by atoms with van der Waals surface area (Å²) in [6.07, 6.45) is 1.95. The van der Waals surface area contributed by atoms with Crippen LogP contribution < -0.4 is 21.7 Å². The lowest BCUT2D eigenvalue weighted by Gasteiger charge is -2.28. The van der Waals surface area contributed by atoms with Gasteiger partial charge in [0.15, 0.2) is 0 Å². The SMILES string of the molecule is CC1NCCCC1C(=O)NCCNC(N)=O. The number of nitrogens with one attached hydrogen (secondary N) is 3. The topological polar surface area (TPSA) is 96.2 Å². The van der Waals surface area contributed by atoms with Crippen LogP contribution in [-0.4, -0.2) is 37.6 Å². The molecule has 1 saturated heterocycles. The van der Waals surface area contributed by atoms with Crippen LogP contribution in [-0.2, 0) is 4.79 Å². The number of hydrogen-bond donors (Lipinski definition) is 4. The van der Waals surface area contributed by atoms with Gasteiger partial charge in [0.2, 0.25) is 5.91 Å². The van der Waals surface area contributed by atoms with E-state index in [1.54, 1.807) is 0 Å². The van der Waals surface area contributed by atoms with Crippen LogP contribution >= 0.6 is 0 Å². The predicted molar refractivity (Wildman–Crippen MR) is 60.8 cm³/mol. The fraction of sp³-hybridized carbons (Fsp3) is 0.800. The molecule has 0 radical (unpaired) electrons. The summed E-state index contributed by atoms with van der Waals surface area (Å²) in [5.74, 6) is 0.0771. The van der Waals surface area contributed by atoms with Crippen LogP contribution in [0.3, 0.4) is 0 Å². The van der Waals surface area contributed by atoms with Crippen molar-refractivity contribution in [3.63, 3.8) is 0 Å². The van der Waals surface area contributed by atoms with Gasteiger partial charge in [-0.3, -0.25) is 4.79 Å². The van der Waals surface area contributed by atoms with E-state index in [4.69, 9.17) is 5.73 Å². The highest BCUT2D eigenvalue weighted by Crippen LogP contribution is 2.15. The quantitative estimate of drug-likeness (QED) is 0.472. The molecule has 2 unspecified atom stereocenters. The highest BCUT2D eigenvalue weighted by molar-refractivity contribution is 5.79. The van der Waals surface area contributed by atoms with Gasteiger partial charge in [-0.15, -0.1) is 0 Å². The Bertz CT molecular complexity index is 257. The van der Waals surface area contributed by atoms with Gasteiger partial charge in [-0.2, -0.15) is 0 Å². The smallest absolute Gasteiger partial charge is 0.312 e. The molecule has 6 nitrogen and oxygen atoms in total. The van der Waals surface area contributed by atoms with Crippen molar-refractivity contribution in [3.05, 3.63) is 0 Å². The van der Waals surface area contributed by atoms with E-state index in [9.17, 15) is 9.59 Å². The first-order valence-electron chi connectivity index (χ1n) is 5.65. The van der Waals surface area contributed by atoms with Crippen molar-refractivity contribution in [2.45, 2.75) is 25.8 Å². The van der Waals surface area contributed by atoms with Gasteiger partial charge in [0, 0.05) is 19.1 Å². The Morgan fingerprint density at radius 3 is 2.69 bits per heavy atom. The molecule has 0 bridgehead atoms. The second-order valence-electron chi connectivity index (χ2n) is 4.07. The number of nitrogens with two attached hydrogens (primary N) is 1. The summed E-state index contributed by atoms with van der Waals surface area (Å²) >= 11 is 0. The molecule has 16 heavy (non-hydrogen) atoms. The Hall–Kier alpha value is -1.30. The number of carbonyl (C=O) groups excluding carboxylic acids is 2. The van der Waals surface area contributed by atoms with Crippen molar-refractivity contribution < 1.29 is 9.59 Å². The Morgan fingerprint density at radius 1 is 1.38 bits per heavy atom. The van der Waals surface area contributed by atoms with E-state index >= 15 is 0 Å². The summed E-state index contributed by atoms with van der Waals surface area (Å²) in [5.41, 5.74) is 4.90. The summed E-state index contributed by atoms with van der Waals surface area (Å²) in [5, 5.41) is 8.48. The summed E-state index contributed by atoms with van der Waals surface area (Å²) < 4.78 is 0. The van der Waals surface area contributed by atoms with E-state index in [1.807, 2.05) is 6.92 Å². The van der Waals surface area contributed by atoms with E-state index in [2.05, 4.69) is 16.0 Å². The number of carbonyl (C=O) groups is 2. The molecular formula is C10H20N4O2. The number of rotatable bonds is 4. The average molecular weight is 228 g/mol. The van der Waals surface area contributed by atoms with Gasteiger partial charge in [0.1, 0.15) is 0 Å². The van der Waals surface area contributed by atoms with Crippen molar-refractivity contribution >= 4 is 11.9 Å². The van der Waals surface area contributed by atoms with Crippen LogP contribution in [0.5, 0.6) is 0 Å². The van der Waals surface area contributed by atoms with Crippen LogP contribution in [0.25, 0.3) is 0 Å². The van der Waals surface area contributed by atoms with Crippen LogP contribution in [0.2, 0.25) is 0 Å². The van der Waals surface area contributed by atoms with Crippen molar-refractivity contribution in [3.8, 4) is 0 Å². The zero-order chi connectivity index (χ0) is 12.0. The van der Waals surface area contributed by atoms with E-state index in [-0.39, 0.29) is 17.9 Å². The summed E-state index contributed by atoms with van der Waals surface area (Å²) in [7, 11) is 0. The van der Waals surface area contributed by atoms with Crippen molar-refractivity contribution in [2.24, 2.45) is 11.7 Å². The van der Waals surface area contributed by atoms with E-state index in [0.717, 1.165) is 19.4 Å². The van der Waals surface area contributed by atoms with Gasteiger partial charge in [-0.25, -0.2) is 4.79 Å². The zero-order valence-corrected chi connectivity index (χ0v) is 9.58. The highest BCUT2D eigenvalue weighted by atomic mass is 16.2. The van der Waals surface area contributed by atoms with E-state index < -0.39 is 6.03 Å². The number of urea groups is 1. The first-order valence-corrected chi connectivity index (χ1v) is 5.65. The molecule has 92 valence electrons. The van der Waals surface area contributed by atoms with Crippen LogP contribution in [0, 0.1) is 5.92 Å². The fourth-order valence-electron chi connectivity index (χ4n) is 1.90. The second-order valence-corrected chi connectivity index (χ2v) is 4.07. The lowest BCUT2D eigenvalue weighted by atomic mass is 9.91. The molecule has 0 aliphatic carbocycles. The van der Waals surface area contributed by atoms with Crippen molar-refractivity contribution in [2.75, 3.05) is 19.6 Å². The minimum Gasteiger partial charge on any atom is -0.354 e. The van der Waals surface area contributed by atoms with Crippen molar-refractivity contribution in [1.82, 2.24) is 16.0 Å². The molecule has 2 atom stereocenters. The number of amides is 3. The number of hydrogen-bond acceptors (Lipinski definition) is 3. The molecule has 0 saturated carbocycles. The first-order chi connectivity index (χ1) is 7.61. The number of primary amides is 1. The average Bonchev–Trinajstić information content (AvgIpc) is 2.24. The van der Waals surface area contributed by atoms with Gasteiger partial charge in [0.25, 0.3) is 0 Å². The summed E-state index contributed by atoms with van der Waals surface area (Å²) in [6.45, 7) is 3.79. The molecule has 0 aromatic carbocycles. The molecule has 0 aromatic heterocycles. The van der Waals surface area contributed by atoms with Gasteiger partial charge < -0.3 is 21.7 Å². The fourth-order valence-corrected chi connectivity index (χ4v) is 1.90.